The molecule has 1 aromatic rings. The zero-order valence-corrected chi connectivity index (χ0v) is 11.5. The molecule has 0 saturated carbocycles. The highest BCUT2D eigenvalue weighted by molar-refractivity contribution is 5.97. The lowest BCUT2D eigenvalue weighted by Crippen LogP contribution is -2.41. The van der Waals surface area contributed by atoms with Crippen LogP contribution in [0.2, 0.25) is 0 Å². The molecule has 0 heterocycles. The van der Waals surface area contributed by atoms with Crippen LogP contribution < -0.4 is 5.32 Å². The molecule has 0 radical (unpaired) electrons. The highest BCUT2D eigenvalue weighted by atomic mass is 16.5. The van der Waals surface area contributed by atoms with Crippen LogP contribution in [0.1, 0.15) is 29.6 Å². The standard InChI is InChI=1S/C15H19NO4/c1-3-4-5-9-13(15(19)20-2)16-14(18)11-7-6-8-12(17)10-11/h3,6-8,10,13,17H,1,4-5,9H2,2H3,(H,16,18)/t13-/m0/s1. The zero-order valence-electron chi connectivity index (χ0n) is 11.5. The van der Waals surface area contributed by atoms with Crippen LogP contribution in [0.15, 0.2) is 36.9 Å². The Bertz CT molecular complexity index is 485. The van der Waals surface area contributed by atoms with Gasteiger partial charge in [0.1, 0.15) is 11.8 Å². The van der Waals surface area contributed by atoms with Crippen molar-refractivity contribution in [1.82, 2.24) is 5.32 Å². The number of unbranched alkanes of at least 4 members (excludes halogenated alkanes) is 1. The minimum absolute atomic E-state index is 0.000995. The molecule has 5 heteroatoms. The average Bonchev–Trinajstić information content (AvgIpc) is 2.45. The number of carbonyl (C=O) groups excluding carboxylic acids is 2. The molecule has 5 nitrogen and oxygen atoms in total. The predicted octanol–water partition coefficient (Wildman–Crippen LogP) is 2.02. The first kappa shape index (κ1) is 15.8. The number of phenolic OH excluding ortho intramolecular Hbond substituents is 1. The summed E-state index contributed by atoms with van der Waals surface area (Å²) in [6.45, 7) is 3.61. The second kappa shape index (κ2) is 7.99. The normalized spacial score (nSPS) is 11.4. The van der Waals surface area contributed by atoms with Crippen molar-refractivity contribution in [3.8, 4) is 5.75 Å². The van der Waals surface area contributed by atoms with Gasteiger partial charge in [0, 0.05) is 5.56 Å². The summed E-state index contributed by atoms with van der Waals surface area (Å²) in [5.74, 6) is -0.906. The lowest BCUT2D eigenvalue weighted by molar-refractivity contribution is -0.143. The minimum atomic E-state index is -0.699. The summed E-state index contributed by atoms with van der Waals surface area (Å²) in [6.07, 6.45) is 3.72. The third-order valence-electron chi connectivity index (χ3n) is 2.80. The lowest BCUT2D eigenvalue weighted by Gasteiger charge is -2.16. The minimum Gasteiger partial charge on any atom is -0.508 e. The Balaban J connectivity index is 2.70. The number of amides is 1. The first-order valence-corrected chi connectivity index (χ1v) is 6.37. The van der Waals surface area contributed by atoms with Gasteiger partial charge in [0.25, 0.3) is 5.91 Å². The molecule has 1 rings (SSSR count). The summed E-state index contributed by atoms with van der Waals surface area (Å²) in [6, 6.07) is 5.24. The number of phenols is 1. The van der Waals surface area contributed by atoms with Gasteiger partial charge in [0.05, 0.1) is 7.11 Å². The fraction of sp³-hybridized carbons (Fsp3) is 0.333. The summed E-state index contributed by atoms with van der Waals surface area (Å²) < 4.78 is 4.67. The van der Waals surface area contributed by atoms with E-state index in [9.17, 15) is 14.7 Å². The molecule has 0 aliphatic rings. The van der Waals surface area contributed by atoms with Gasteiger partial charge in [-0.15, -0.1) is 6.58 Å². The maximum absolute atomic E-state index is 12.0. The monoisotopic (exact) mass is 277 g/mol. The molecule has 0 aliphatic carbocycles. The molecule has 1 amide bonds. The van der Waals surface area contributed by atoms with Crippen LogP contribution in [0.5, 0.6) is 5.75 Å². The first-order chi connectivity index (χ1) is 9.58. The Labute approximate surface area is 118 Å². The van der Waals surface area contributed by atoms with Crippen LogP contribution >= 0.6 is 0 Å². The first-order valence-electron chi connectivity index (χ1n) is 6.37. The topological polar surface area (TPSA) is 75.6 Å². The molecule has 0 aliphatic heterocycles. The third-order valence-corrected chi connectivity index (χ3v) is 2.80. The van der Waals surface area contributed by atoms with Crippen molar-refractivity contribution in [3.63, 3.8) is 0 Å². The van der Waals surface area contributed by atoms with Crippen LogP contribution in [-0.2, 0) is 9.53 Å². The van der Waals surface area contributed by atoms with E-state index in [1.807, 2.05) is 0 Å². The maximum atomic E-state index is 12.0. The molecule has 0 spiro atoms. The fourth-order valence-electron chi connectivity index (χ4n) is 1.75. The molecular formula is C15H19NO4. The smallest absolute Gasteiger partial charge is 0.328 e. The van der Waals surface area contributed by atoms with Crippen LogP contribution in [-0.4, -0.2) is 30.1 Å². The Morgan fingerprint density at radius 1 is 1.50 bits per heavy atom. The van der Waals surface area contributed by atoms with Gasteiger partial charge in [0.2, 0.25) is 0 Å². The molecule has 20 heavy (non-hydrogen) atoms. The number of aromatic hydroxyl groups is 1. The number of rotatable bonds is 7. The quantitative estimate of drug-likeness (QED) is 0.454. The SMILES string of the molecule is C=CCCC[C@H](NC(=O)c1cccc(O)c1)C(=O)OC. The van der Waals surface area contributed by atoms with Gasteiger partial charge in [0.15, 0.2) is 0 Å². The number of esters is 1. The average molecular weight is 277 g/mol. The highest BCUT2D eigenvalue weighted by Gasteiger charge is 2.21. The second-order valence-corrected chi connectivity index (χ2v) is 4.32. The van der Waals surface area contributed by atoms with E-state index in [-0.39, 0.29) is 5.75 Å². The Morgan fingerprint density at radius 2 is 2.25 bits per heavy atom. The van der Waals surface area contributed by atoms with Crippen LogP contribution in [0.4, 0.5) is 0 Å². The summed E-state index contributed by atoms with van der Waals surface area (Å²) in [5.41, 5.74) is 0.294. The van der Waals surface area contributed by atoms with Crippen molar-refractivity contribution in [2.45, 2.75) is 25.3 Å². The van der Waals surface area contributed by atoms with Crippen molar-refractivity contribution >= 4 is 11.9 Å². The molecule has 0 unspecified atom stereocenters. The van der Waals surface area contributed by atoms with E-state index in [0.29, 0.717) is 12.0 Å². The van der Waals surface area contributed by atoms with Crippen LogP contribution in [0.25, 0.3) is 0 Å². The van der Waals surface area contributed by atoms with Crippen molar-refractivity contribution in [3.05, 3.63) is 42.5 Å². The van der Waals surface area contributed by atoms with Gasteiger partial charge in [-0.1, -0.05) is 12.1 Å². The van der Waals surface area contributed by atoms with Gasteiger partial charge in [-0.3, -0.25) is 4.79 Å². The Kier molecular flexibility index (Phi) is 6.29. The molecular weight excluding hydrogens is 258 g/mol. The number of methoxy groups -OCH3 is 1. The Morgan fingerprint density at radius 3 is 2.85 bits per heavy atom. The van der Waals surface area contributed by atoms with E-state index in [2.05, 4.69) is 16.6 Å². The number of allylic oxidation sites excluding steroid dienone is 1. The molecule has 1 aromatic carbocycles. The highest BCUT2D eigenvalue weighted by Crippen LogP contribution is 2.12. The molecule has 0 aromatic heterocycles. The predicted molar refractivity (Wildman–Crippen MR) is 75.4 cm³/mol. The number of hydrogen-bond donors (Lipinski definition) is 2. The Hall–Kier alpha value is -2.30. The molecule has 1 atom stereocenters. The lowest BCUT2D eigenvalue weighted by atomic mass is 10.1. The van der Waals surface area contributed by atoms with Crippen LogP contribution in [0, 0.1) is 0 Å². The van der Waals surface area contributed by atoms with Crippen molar-refractivity contribution in [2.24, 2.45) is 0 Å². The summed E-state index contributed by atoms with van der Waals surface area (Å²) in [5, 5.41) is 12.0. The molecule has 108 valence electrons. The third kappa shape index (κ3) is 4.76. The summed E-state index contributed by atoms with van der Waals surface area (Å²) >= 11 is 0. The van der Waals surface area contributed by atoms with E-state index in [1.54, 1.807) is 18.2 Å². The van der Waals surface area contributed by atoms with Gasteiger partial charge in [-0.25, -0.2) is 4.79 Å². The largest absolute Gasteiger partial charge is 0.508 e. The van der Waals surface area contributed by atoms with E-state index >= 15 is 0 Å². The summed E-state index contributed by atoms with van der Waals surface area (Å²) in [4.78, 5) is 23.6. The second-order valence-electron chi connectivity index (χ2n) is 4.32. The van der Waals surface area contributed by atoms with Gasteiger partial charge in [-0.05, 0) is 37.5 Å². The van der Waals surface area contributed by atoms with Crippen LogP contribution in [0.3, 0.4) is 0 Å². The maximum Gasteiger partial charge on any atom is 0.328 e. The number of benzene rings is 1. The summed E-state index contributed by atoms with van der Waals surface area (Å²) in [7, 11) is 1.28. The van der Waals surface area contributed by atoms with E-state index in [1.165, 1.54) is 19.2 Å². The molecule has 0 bridgehead atoms. The van der Waals surface area contributed by atoms with Crippen molar-refractivity contribution in [1.29, 1.82) is 0 Å². The zero-order chi connectivity index (χ0) is 15.0. The number of ether oxygens (including phenoxy) is 1. The molecule has 0 fully saturated rings. The van der Waals surface area contributed by atoms with E-state index in [0.717, 1.165) is 12.8 Å². The molecule has 2 N–H and O–H groups in total. The van der Waals surface area contributed by atoms with E-state index in [4.69, 9.17) is 0 Å². The van der Waals surface area contributed by atoms with Gasteiger partial charge in [-0.2, -0.15) is 0 Å². The fourth-order valence-corrected chi connectivity index (χ4v) is 1.75. The number of carbonyl (C=O) groups is 2. The number of nitrogens with one attached hydrogen (secondary N) is 1. The van der Waals surface area contributed by atoms with Gasteiger partial charge >= 0.3 is 5.97 Å². The van der Waals surface area contributed by atoms with Gasteiger partial charge < -0.3 is 15.2 Å². The molecule has 0 saturated heterocycles. The van der Waals surface area contributed by atoms with E-state index < -0.39 is 17.9 Å². The van der Waals surface area contributed by atoms with Crippen molar-refractivity contribution < 1.29 is 19.4 Å². The number of hydrogen-bond acceptors (Lipinski definition) is 4. The van der Waals surface area contributed by atoms with Crippen molar-refractivity contribution in [2.75, 3.05) is 7.11 Å².